The quantitative estimate of drug-likeness (QED) is 0.805. The van der Waals surface area contributed by atoms with Gasteiger partial charge in [-0.25, -0.2) is 13.2 Å². The minimum absolute atomic E-state index is 0.176. The molecule has 0 bridgehead atoms. The Morgan fingerprint density at radius 2 is 1.50 bits per heavy atom. The Morgan fingerprint density at radius 3 is 2.00 bits per heavy atom. The Kier molecular flexibility index (Phi) is 3.84. The molecule has 0 saturated heterocycles. The maximum absolute atomic E-state index is 13.6. The van der Waals surface area contributed by atoms with Crippen LogP contribution in [-0.4, -0.2) is 12.6 Å². The summed E-state index contributed by atoms with van der Waals surface area (Å²) in [6.07, 6.45) is 0.591. The van der Waals surface area contributed by atoms with Crippen molar-refractivity contribution in [3.63, 3.8) is 0 Å². The monoisotopic (exact) mass is 280 g/mol. The highest BCUT2D eigenvalue weighted by Gasteiger charge is 2.14. The topological polar surface area (TPSA) is 43.4 Å². The molecule has 0 aliphatic heterocycles. The van der Waals surface area contributed by atoms with E-state index >= 15 is 0 Å². The van der Waals surface area contributed by atoms with Crippen molar-refractivity contribution in [3.8, 4) is 11.5 Å². The lowest BCUT2D eigenvalue weighted by molar-refractivity contribution is 0.111. The van der Waals surface area contributed by atoms with Crippen LogP contribution in [0.5, 0.6) is 11.5 Å². The molecule has 0 aromatic heterocycles. The summed E-state index contributed by atoms with van der Waals surface area (Å²) in [7, 11) is 0. The van der Waals surface area contributed by atoms with Crippen LogP contribution in [0.3, 0.4) is 0 Å². The summed E-state index contributed by atoms with van der Waals surface area (Å²) in [4.78, 5) is 20.9. The molecule has 102 valence electrons. The highest BCUT2D eigenvalue weighted by atomic mass is 19.1. The van der Waals surface area contributed by atoms with Crippen molar-refractivity contribution in [2.24, 2.45) is 0 Å². The van der Waals surface area contributed by atoms with Crippen molar-refractivity contribution in [2.75, 3.05) is 0 Å². The largest absolute Gasteiger partial charge is 0.451 e. The molecule has 0 amide bonds. The third-order valence-electron chi connectivity index (χ3n) is 2.48. The van der Waals surface area contributed by atoms with E-state index in [0.717, 1.165) is 24.3 Å². The molecular weight excluding hydrogens is 273 g/mol. The maximum Gasteiger partial charge on any atom is 0.198 e. The summed E-state index contributed by atoms with van der Waals surface area (Å²) in [5, 5.41) is 0. The third-order valence-corrected chi connectivity index (χ3v) is 2.48. The van der Waals surface area contributed by atoms with Crippen LogP contribution in [0, 0.1) is 17.5 Å². The van der Waals surface area contributed by atoms with E-state index in [0.29, 0.717) is 6.29 Å². The van der Waals surface area contributed by atoms with Crippen molar-refractivity contribution in [3.05, 3.63) is 58.9 Å². The van der Waals surface area contributed by atoms with Crippen LogP contribution < -0.4 is 4.74 Å². The van der Waals surface area contributed by atoms with Crippen molar-refractivity contribution >= 4 is 12.6 Å². The second-order valence-corrected chi connectivity index (χ2v) is 3.83. The molecule has 0 N–H and O–H groups in total. The van der Waals surface area contributed by atoms with Crippen LogP contribution >= 0.6 is 0 Å². The van der Waals surface area contributed by atoms with Gasteiger partial charge in [0.2, 0.25) is 0 Å². The first-order chi connectivity index (χ1) is 9.55. The molecule has 0 spiro atoms. The molecule has 0 heterocycles. The van der Waals surface area contributed by atoms with Gasteiger partial charge in [0, 0.05) is 11.6 Å². The fourth-order valence-electron chi connectivity index (χ4n) is 1.53. The van der Waals surface area contributed by atoms with Gasteiger partial charge in [0.15, 0.2) is 23.7 Å². The fourth-order valence-corrected chi connectivity index (χ4v) is 1.53. The van der Waals surface area contributed by atoms with Gasteiger partial charge in [0.05, 0.1) is 5.56 Å². The lowest BCUT2D eigenvalue weighted by atomic mass is 10.2. The number of carbonyl (C=O) groups excluding carboxylic acids is 2. The van der Waals surface area contributed by atoms with Gasteiger partial charge < -0.3 is 4.74 Å². The molecule has 0 aliphatic carbocycles. The summed E-state index contributed by atoms with van der Waals surface area (Å²) < 4.78 is 45.3. The van der Waals surface area contributed by atoms with Crippen molar-refractivity contribution < 1.29 is 27.5 Å². The Balaban J connectivity index is 2.37. The van der Waals surface area contributed by atoms with Gasteiger partial charge >= 0.3 is 0 Å². The van der Waals surface area contributed by atoms with E-state index in [4.69, 9.17) is 4.74 Å². The Labute approximate surface area is 111 Å². The summed E-state index contributed by atoms with van der Waals surface area (Å²) in [6.45, 7) is 0. The first kappa shape index (κ1) is 13.8. The van der Waals surface area contributed by atoms with Gasteiger partial charge in [-0.05, 0) is 24.3 Å². The predicted octanol–water partition coefficient (Wildman–Crippen LogP) is 3.52. The average Bonchev–Trinajstić information content (AvgIpc) is 2.42. The van der Waals surface area contributed by atoms with Crippen molar-refractivity contribution in [2.45, 2.75) is 0 Å². The van der Waals surface area contributed by atoms with Crippen molar-refractivity contribution in [1.29, 1.82) is 0 Å². The normalized spacial score (nSPS) is 10.2. The van der Waals surface area contributed by atoms with Crippen LogP contribution in [0.25, 0.3) is 0 Å². The molecule has 0 aliphatic rings. The van der Waals surface area contributed by atoms with Gasteiger partial charge in [0.1, 0.15) is 17.9 Å². The van der Waals surface area contributed by atoms with Gasteiger partial charge in [-0.2, -0.15) is 0 Å². The Bertz CT molecular complexity index is 660. The Morgan fingerprint density at radius 1 is 0.850 bits per heavy atom. The van der Waals surface area contributed by atoms with Gasteiger partial charge in [-0.3, -0.25) is 9.59 Å². The third kappa shape index (κ3) is 2.69. The van der Waals surface area contributed by atoms with Gasteiger partial charge in [0.25, 0.3) is 0 Å². The van der Waals surface area contributed by atoms with E-state index in [9.17, 15) is 22.8 Å². The number of hydrogen-bond acceptors (Lipinski definition) is 3. The minimum Gasteiger partial charge on any atom is -0.451 e. The predicted molar refractivity (Wildman–Crippen MR) is 63.6 cm³/mol. The summed E-state index contributed by atoms with van der Waals surface area (Å²) in [6, 6.07) is 4.73. The first-order valence-corrected chi connectivity index (χ1v) is 5.42. The van der Waals surface area contributed by atoms with E-state index < -0.39 is 23.2 Å². The standard InChI is InChI=1S/C14H7F3O3/c15-11-5-10(2-1-9(11)7-19)20-14-12(16)3-8(6-18)4-13(14)17/h1-7H. The fraction of sp³-hybridized carbons (Fsp3) is 0. The molecule has 0 saturated carbocycles. The van der Waals surface area contributed by atoms with Crippen molar-refractivity contribution in [1.82, 2.24) is 0 Å². The van der Waals surface area contributed by atoms with Crippen LogP contribution in [-0.2, 0) is 0 Å². The molecule has 0 atom stereocenters. The number of halogens is 3. The molecule has 0 unspecified atom stereocenters. The molecule has 2 aromatic rings. The zero-order valence-electron chi connectivity index (χ0n) is 9.90. The molecule has 0 fully saturated rings. The molecule has 6 heteroatoms. The number of carbonyl (C=O) groups is 2. The van der Waals surface area contributed by atoms with E-state index in [1.807, 2.05) is 0 Å². The smallest absolute Gasteiger partial charge is 0.198 e. The number of benzene rings is 2. The molecule has 0 radical (unpaired) electrons. The van der Waals surface area contributed by atoms with Crippen LogP contribution in [0.15, 0.2) is 30.3 Å². The maximum atomic E-state index is 13.6. The lowest BCUT2D eigenvalue weighted by Crippen LogP contribution is -1.96. The number of ether oxygens (including phenoxy) is 1. The van der Waals surface area contributed by atoms with E-state index in [-0.39, 0.29) is 23.2 Å². The zero-order chi connectivity index (χ0) is 14.7. The Hall–Kier alpha value is -2.63. The van der Waals surface area contributed by atoms with Gasteiger partial charge in [-0.15, -0.1) is 0 Å². The highest BCUT2D eigenvalue weighted by Crippen LogP contribution is 2.29. The summed E-state index contributed by atoms with van der Waals surface area (Å²) in [5.41, 5.74) is -0.385. The average molecular weight is 280 g/mol. The molecular formula is C14H7F3O3. The van der Waals surface area contributed by atoms with Gasteiger partial charge in [-0.1, -0.05) is 0 Å². The minimum atomic E-state index is -1.09. The molecule has 2 rings (SSSR count). The SMILES string of the molecule is O=Cc1cc(F)c(Oc2ccc(C=O)c(F)c2)c(F)c1. The summed E-state index contributed by atoms with van der Waals surface area (Å²) >= 11 is 0. The van der Waals surface area contributed by atoms with Crippen LogP contribution in [0.1, 0.15) is 20.7 Å². The van der Waals surface area contributed by atoms with E-state index in [2.05, 4.69) is 0 Å². The number of aldehydes is 2. The highest BCUT2D eigenvalue weighted by molar-refractivity contribution is 5.76. The van der Waals surface area contributed by atoms with E-state index in [1.165, 1.54) is 6.07 Å². The molecule has 3 nitrogen and oxygen atoms in total. The summed E-state index contributed by atoms with van der Waals surface area (Å²) in [5.74, 6) is -3.99. The second-order valence-electron chi connectivity index (χ2n) is 3.83. The number of rotatable bonds is 4. The lowest BCUT2D eigenvalue weighted by Gasteiger charge is -2.09. The number of hydrogen-bond donors (Lipinski definition) is 0. The zero-order valence-corrected chi connectivity index (χ0v) is 9.90. The van der Waals surface area contributed by atoms with Crippen LogP contribution in [0.4, 0.5) is 13.2 Å². The second kappa shape index (κ2) is 5.56. The first-order valence-electron chi connectivity index (χ1n) is 5.42. The molecule has 20 heavy (non-hydrogen) atoms. The van der Waals surface area contributed by atoms with Crippen LogP contribution in [0.2, 0.25) is 0 Å². The molecule has 2 aromatic carbocycles. The van der Waals surface area contributed by atoms with E-state index in [1.54, 1.807) is 0 Å².